The molecule has 0 atom stereocenters. The Hall–Kier alpha value is -0.560. The Kier molecular flexibility index (Phi) is 3.59. The Labute approximate surface area is 118 Å². The van der Waals surface area contributed by atoms with E-state index in [1.165, 1.54) is 51.4 Å². The summed E-state index contributed by atoms with van der Waals surface area (Å²) in [4.78, 5) is 0. The highest BCUT2D eigenvalue weighted by molar-refractivity contribution is 5.26. The van der Waals surface area contributed by atoms with E-state index in [1.807, 2.05) is 0 Å². The van der Waals surface area contributed by atoms with Gasteiger partial charge in [0.2, 0.25) is 0 Å². The van der Waals surface area contributed by atoms with Crippen LogP contribution in [0.5, 0.6) is 0 Å². The second-order valence-corrected chi connectivity index (χ2v) is 7.46. The highest BCUT2D eigenvalue weighted by Gasteiger charge is 2.47. The van der Waals surface area contributed by atoms with Gasteiger partial charge in [0, 0.05) is 11.1 Å². The minimum Gasteiger partial charge on any atom is -0.299 e. The van der Waals surface area contributed by atoms with Crippen LogP contribution in [-0.2, 0) is 0 Å². The molecule has 0 aromatic rings. The topological polar surface area (TPSA) is 12.0 Å². The molecule has 0 amide bonds. The third-order valence-corrected chi connectivity index (χ3v) is 5.60. The molecule has 1 heteroatoms. The summed E-state index contributed by atoms with van der Waals surface area (Å²) in [5, 5.41) is 4.08. The van der Waals surface area contributed by atoms with E-state index in [-0.39, 0.29) is 11.1 Å². The van der Waals surface area contributed by atoms with Gasteiger partial charge in [0.1, 0.15) is 0 Å². The maximum absolute atomic E-state index is 4.08. The highest BCUT2D eigenvalue weighted by Crippen LogP contribution is 2.46. The van der Waals surface area contributed by atoms with Crippen molar-refractivity contribution in [3.8, 4) is 0 Å². The fourth-order valence-electron chi connectivity index (χ4n) is 4.77. The zero-order valence-electron chi connectivity index (χ0n) is 12.6. The molecule has 0 unspecified atom stereocenters. The maximum atomic E-state index is 4.08. The first-order valence-electron chi connectivity index (χ1n) is 8.29. The lowest BCUT2D eigenvalue weighted by molar-refractivity contribution is 0.148. The van der Waals surface area contributed by atoms with E-state index in [9.17, 15) is 0 Å². The monoisotopic (exact) mass is 259 g/mol. The van der Waals surface area contributed by atoms with Gasteiger partial charge in [-0.15, -0.1) is 0 Å². The van der Waals surface area contributed by atoms with Crippen molar-refractivity contribution in [3.63, 3.8) is 0 Å². The lowest BCUT2D eigenvalue weighted by Gasteiger charge is -2.47. The van der Waals surface area contributed by atoms with Crippen molar-refractivity contribution in [1.29, 1.82) is 0 Å². The second kappa shape index (κ2) is 5.09. The van der Waals surface area contributed by atoms with Crippen LogP contribution in [0.3, 0.4) is 0 Å². The van der Waals surface area contributed by atoms with Gasteiger partial charge >= 0.3 is 0 Å². The third-order valence-electron chi connectivity index (χ3n) is 5.60. The summed E-state index contributed by atoms with van der Waals surface area (Å²) in [5.74, 6) is 1.71. The quantitative estimate of drug-likeness (QED) is 0.764. The largest absolute Gasteiger partial charge is 0.299 e. The Morgan fingerprint density at radius 3 is 1.79 bits per heavy atom. The minimum atomic E-state index is 0.120. The molecular weight excluding hydrogens is 230 g/mol. The summed E-state index contributed by atoms with van der Waals surface area (Å²) >= 11 is 0. The molecule has 0 bridgehead atoms. The smallest absolute Gasteiger partial charge is 0.0431 e. The fourth-order valence-corrected chi connectivity index (χ4v) is 4.77. The summed E-state index contributed by atoms with van der Waals surface area (Å²) in [6.45, 7) is 4.66. The maximum Gasteiger partial charge on any atom is 0.0431 e. The Morgan fingerprint density at radius 1 is 0.789 bits per heavy atom. The van der Waals surface area contributed by atoms with E-state index >= 15 is 0 Å². The van der Waals surface area contributed by atoms with Crippen LogP contribution < -0.4 is 5.32 Å². The lowest BCUT2D eigenvalue weighted by Crippen LogP contribution is -2.60. The average molecular weight is 259 g/mol. The third kappa shape index (κ3) is 2.54. The molecule has 0 spiro atoms. The van der Waals surface area contributed by atoms with Crippen molar-refractivity contribution in [2.45, 2.75) is 76.3 Å². The summed E-state index contributed by atoms with van der Waals surface area (Å²) in [7, 11) is 0. The van der Waals surface area contributed by atoms with Crippen LogP contribution in [0.1, 0.15) is 65.2 Å². The van der Waals surface area contributed by atoms with E-state index < -0.39 is 0 Å². The summed E-state index contributed by atoms with van der Waals surface area (Å²) in [5.41, 5.74) is 0.384. The van der Waals surface area contributed by atoms with Crippen molar-refractivity contribution in [3.05, 3.63) is 24.3 Å². The van der Waals surface area contributed by atoms with E-state index in [0.717, 1.165) is 11.8 Å². The Bertz CT molecular complexity index is 349. The Morgan fingerprint density at radius 2 is 1.26 bits per heavy atom. The molecule has 1 aliphatic heterocycles. The molecule has 0 saturated heterocycles. The minimum absolute atomic E-state index is 0.120. The standard InChI is InChI=1S/C18H29N/c1-17(2)13-7-8-14-18(19-17,15-9-3-4-10-15)16-11-5-6-12-16/h7-8,13-16,19H,3-6,9-12H2,1-2H3. The van der Waals surface area contributed by atoms with E-state index in [1.54, 1.807) is 0 Å². The SMILES string of the molecule is CC1(C)C=CC=CC(C2CCCC2)(C2CCCC2)N1. The normalized spacial score (nSPS) is 30.8. The second-order valence-electron chi connectivity index (χ2n) is 7.46. The van der Waals surface area contributed by atoms with Crippen molar-refractivity contribution < 1.29 is 0 Å². The number of nitrogens with one attached hydrogen (secondary N) is 1. The average Bonchev–Trinajstić information content (AvgIpc) is 3.03. The van der Waals surface area contributed by atoms with Gasteiger partial charge < -0.3 is 0 Å². The van der Waals surface area contributed by atoms with E-state index in [2.05, 4.69) is 43.5 Å². The Balaban J connectivity index is 1.95. The predicted octanol–water partition coefficient (Wildman–Crippen LogP) is 4.60. The molecule has 2 saturated carbocycles. The van der Waals surface area contributed by atoms with Crippen molar-refractivity contribution in [2.75, 3.05) is 0 Å². The summed E-state index contributed by atoms with van der Waals surface area (Å²) in [6.07, 6.45) is 20.8. The van der Waals surface area contributed by atoms with Gasteiger partial charge in [0.05, 0.1) is 0 Å². The number of rotatable bonds is 2. The predicted molar refractivity (Wildman–Crippen MR) is 82.1 cm³/mol. The summed E-state index contributed by atoms with van der Waals surface area (Å²) in [6, 6.07) is 0. The molecule has 106 valence electrons. The van der Waals surface area contributed by atoms with Crippen LogP contribution in [0.25, 0.3) is 0 Å². The van der Waals surface area contributed by atoms with Gasteiger partial charge in [0.25, 0.3) is 0 Å². The van der Waals surface area contributed by atoms with E-state index in [4.69, 9.17) is 0 Å². The molecule has 2 fully saturated rings. The van der Waals surface area contributed by atoms with Gasteiger partial charge in [-0.05, 0) is 51.4 Å². The summed E-state index contributed by atoms with van der Waals surface area (Å²) < 4.78 is 0. The molecule has 0 aromatic heterocycles. The molecule has 3 aliphatic rings. The number of hydrogen-bond donors (Lipinski definition) is 1. The molecular formula is C18H29N. The van der Waals surface area contributed by atoms with Crippen molar-refractivity contribution in [2.24, 2.45) is 11.8 Å². The highest BCUT2D eigenvalue weighted by atomic mass is 15.1. The lowest BCUT2D eigenvalue weighted by atomic mass is 9.70. The van der Waals surface area contributed by atoms with Crippen molar-refractivity contribution in [1.82, 2.24) is 5.32 Å². The molecule has 3 rings (SSSR count). The number of hydrogen-bond acceptors (Lipinski definition) is 1. The number of allylic oxidation sites excluding steroid dienone is 2. The van der Waals surface area contributed by atoms with Gasteiger partial charge in [-0.1, -0.05) is 50.0 Å². The first kappa shape index (κ1) is 13.4. The molecule has 19 heavy (non-hydrogen) atoms. The molecule has 1 nitrogen and oxygen atoms in total. The van der Waals surface area contributed by atoms with Gasteiger partial charge in [0.15, 0.2) is 0 Å². The van der Waals surface area contributed by atoms with Gasteiger partial charge in [-0.2, -0.15) is 0 Å². The molecule has 0 aromatic carbocycles. The van der Waals surface area contributed by atoms with Crippen LogP contribution in [0.4, 0.5) is 0 Å². The van der Waals surface area contributed by atoms with E-state index in [0.29, 0.717) is 0 Å². The van der Waals surface area contributed by atoms with Crippen LogP contribution in [-0.4, -0.2) is 11.1 Å². The van der Waals surface area contributed by atoms with Crippen LogP contribution >= 0.6 is 0 Å². The first-order valence-corrected chi connectivity index (χ1v) is 8.29. The van der Waals surface area contributed by atoms with Crippen LogP contribution in [0, 0.1) is 11.8 Å². The van der Waals surface area contributed by atoms with Crippen LogP contribution in [0.2, 0.25) is 0 Å². The van der Waals surface area contributed by atoms with Crippen LogP contribution in [0.15, 0.2) is 24.3 Å². The molecule has 1 N–H and O–H groups in total. The van der Waals surface area contributed by atoms with Gasteiger partial charge in [-0.3, -0.25) is 5.32 Å². The zero-order chi connectivity index (χ0) is 13.3. The molecule has 2 aliphatic carbocycles. The fraction of sp³-hybridized carbons (Fsp3) is 0.778. The first-order chi connectivity index (χ1) is 9.12. The molecule has 1 heterocycles. The zero-order valence-corrected chi connectivity index (χ0v) is 12.6. The molecule has 0 radical (unpaired) electrons. The van der Waals surface area contributed by atoms with Crippen molar-refractivity contribution >= 4 is 0 Å². The van der Waals surface area contributed by atoms with Gasteiger partial charge in [-0.25, -0.2) is 0 Å².